The molecule has 0 radical (unpaired) electrons. The van der Waals surface area contributed by atoms with Gasteiger partial charge in [0.15, 0.2) is 0 Å². The Balaban J connectivity index is 1.49. The van der Waals surface area contributed by atoms with Gasteiger partial charge in [0, 0.05) is 38.3 Å². The van der Waals surface area contributed by atoms with Crippen LogP contribution < -0.4 is 5.32 Å². The summed E-state index contributed by atoms with van der Waals surface area (Å²) in [5.74, 6) is -1.04. The maximum absolute atomic E-state index is 12.7. The van der Waals surface area contributed by atoms with Gasteiger partial charge in [0.2, 0.25) is 5.91 Å². The number of imidazole rings is 1. The molecule has 0 saturated carbocycles. The summed E-state index contributed by atoms with van der Waals surface area (Å²) >= 11 is 0. The van der Waals surface area contributed by atoms with Gasteiger partial charge < -0.3 is 5.32 Å². The van der Waals surface area contributed by atoms with Crippen LogP contribution in [0.5, 0.6) is 0 Å². The van der Waals surface area contributed by atoms with Crippen LogP contribution >= 0.6 is 0 Å². The smallest absolute Gasteiger partial charge is 0.319 e. The number of carbonyl (C=O) groups excluding carboxylic acids is 3. The number of nitrogens with zero attached hydrogens (tertiary/aromatic N) is 3. The third-order valence-corrected chi connectivity index (χ3v) is 4.32. The number of aromatic nitrogens is 2. The number of fused-ring (bicyclic) bond motifs is 1. The van der Waals surface area contributed by atoms with E-state index in [-0.39, 0.29) is 37.7 Å². The molecule has 0 unspecified atom stereocenters. The Labute approximate surface area is 154 Å². The maximum Gasteiger partial charge on any atom is 0.319 e. The van der Waals surface area contributed by atoms with Gasteiger partial charge in [-0.3, -0.25) is 23.9 Å². The van der Waals surface area contributed by atoms with E-state index >= 15 is 0 Å². The number of amides is 3. The molecule has 0 spiro atoms. The van der Waals surface area contributed by atoms with Crippen molar-refractivity contribution in [2.24, 2.45) is 0 Å². The minimum Gasteiger partial charge on any atom is -0.356 e. The molecule has 2 heterocycles. The van der Waals surface area contributed by atoms with Crippen molar-refractivity contribution in [1.29, 1.82) is 0 Å². The second kappa shape index (κ2) is 7.65. The molecule has 0 aliphatic carbocycles. The van der Waals surface area contributed by atoms with E-state index < -0.39 is 18.4 Å². The Kier molecular flexibility index (Phi) is 5.29. The zero-order chi connectivity index (χ0) is 19.6. The molecule has 1 aromatic carbocycles. The van der Waals surface area contributed by atoms with Crippen LogP contribution in [0.4, 0.5) is 8.78 Å². The van der Waals surface area contributed by atoms with Crippen LogP contribution in [0.3, 0.4) is 0 Å². The number of carbonyl (C=O) groups is 3. The number of aryl methyl sites for hydroxylation is 1. The van der Waals surface area contributed by atoms with Crippen molar-refractivity contribution in [1.82, 2.24) is 19.8 Å². The Hall–Kier alpha value is -3.10. The largest absolute Gasteiger partial charge is 0.356 e. The number of imide groups is 1. The lowest BCUT2D eigenvalue weighted by atomic mass is 10.1. The third kappa shape index (κ3) is 3.86. The van der Waals surface area contributed by atoms with Crippen LogP contribution in [0.15, 0.2) is 30.6 Å². The highest BCUT2D eigenvalue weighted by molar-refractivity contribution is 6.21. The van der Waals surface area contributed by atoms with Crippen molar-refractivity contribution in [2.45, 2.75) is 26.3 Å². The van der Waals surface area contributed by atoms with Crippen LogP contribution in [-0.4, -0.2) is 45.3 Å². The number of rotatable bonds is 7. The maximum atomic E-state index is 12.7. The topological polar surface area (TPSA) is 84.3 Å². The summed E-state index contributed by atoms with van der Waals surface area (Å²) in [6, 6.07) is 5.01. The van der Waals surface area contributed by atoms with Gasteiger partial charge in [-0.05, 0) is 19.1 Å². The Morgan fingerprint density at radius 3 is 2.70 bits per heavy atom. The molecule has 142 valence electrons. The summed E-state index contributed by atoms with van der Waals surface area (Å²) in [4.78, 5) is 41.5. The summed E-state index contributed by atoms with van der Waals surface area (Å²) < 4.78 is 26.2. The van der Waals surface area contributed by atoms with E-state index in [2.05, 4.69) is 10.3 Å². The summed E-state index contributed by atoms with van der Waals surface area (Å²) in [5.41, 5.74) is 1.56. The predicted molar refractivity (Wildman–Crippen MR) is 91.4 cm³/mol. The Bertz CT molecular complexity index is 894. The van der Waals surface area contributed by atoms with Crippen molar-refractivity contribution in [2.75, 3.05) is 13.1 Å². The molecule has 9 heteroatoms. The lowest BCUT2D eigenvalue weighted by Crippen LogP contribution is -2.35. The van der Waals surface area contributed by atoms with Crippen molar-refractivity contribution in [3.05, 3.63) is 53.1 Å². The molecule has 0 fully saturated rings. The van der Waals surface area contributed by atoms with Crippen LogP contribution in [0, 0.1) is 6.92 Å². The van der Waals surface area contributed by atoms with Crippen molar-refractivity contribution in [3.8, 4) is 0 Å². The first kappa shape index (κ1) is 18.7. The first-order chi connectivity index (χ1) is 12.9. The van der Waals surface area contributed by atoms with E-state index in [1.54, 1.807) is 18.2 Å². The van der Waals surface area contributed by atoms with E-state index in [0.717, 1.165) is 15.0 Å². The number of alkyl halides is 2. The number of benzene rings is 1. The third-order valence-electron chi connectivity index (χ3n) is 4.32. The quantitative estimate of drug-likeness (QED) is 0.749. The van der Waals surface area contributed by atoms with Crippen molar-refractivity contribution < 1.29 is 23.2 Å². The van der Waals surface area contributed by atoms with Crippen LogP contribution in [0.1, 0.15) is 45.1 Å². The van der Waals surface area contributed by atoms with Crippen LogP contribution in [-0.2, 0) is 11.2 Å². The molecule has 2 aromatic rings. The van der Waals surface area contributed by atoms with Crippen LogP contribution in [0.2, 0.25) is 0 Å². The lowest BCUT2D eigenvalue weighted by Gasteiger charge is -2.13. The van der Waals surface area contributed by atoms with E-state index in [1.807, 2.05) is 6.92 Å². The molecule has 3 amide bonds. The molecular formula is C18H18F2N4O3. The molecule has 7 nitrogen and oxygen atoms in total. The lowest BCUT2D eigenvalue weighted by molar-refractivity contribution is -0.121. The monoisotopic (exact) mass is 376 g/mol. The van der Waals surface area contributed by atoms with Crippen molar-refractivity contribution >= 4 is 17.7 Å². The summed E-state index contributed by atoms with van der Waals surface area (Å²) in [7, 11) is 0. The fourth-order valence-corrected chi connectivity index (χ4v) is 2.94. The molecule has 3 rings (SSSR count). The normalized spacial score (nSPS) is 13.4. The van der Waals surface area contributed by atoms with Gasteiger partial charge in [0.1, 0.15) is 5.82 Å². The van der Waals surface area contributed by atoms with Crippen LogP contribution in [0.25, 0.3) is 0 Å². The molecule has 27 heavy (non-hydrogen) atoms. The second-order valence-electron chi connectivity index (χ2n) is 6.19. The van der Waals surface area contributed by atoms with E-state index in [9.17, 15) is 23.2 Å². The summed E-state index contributed by atoms with van der Waals surface area (Å²) in [5, 5.41) is 2.58. The highest BCUT2D eigenvalue weighted by Crippen LogP contribution is 2.23. The highest BCUT2D eigenvalue weighted by atomic mass is 19.3. The number of hydrogen-bond acceptors (Lipinski definition) is 4. The van der Waals surface area contributed by atoms with E-state index in [4.69, 9.17) is 0 Å². The fourth-order valence-electron chi connectivity index (χ4n) is 2.94. The van der Waals surface area contributed by atoms with Gasteiger partial charge >= 0.3 is 6.55 Å². The first-order valence-corrected chi connectivity index (χ1v) is 8.42. The zero-order valence-corrected chi connectivity index (χ0v) is 14.6. The predicted octanol–water partition coefficient (Wildman–Crippen LogP) is 1.93. The molecule has 0 bridgehead atoms. The van der Waals surface area contributed by atoms with Gasteiger partial charge in [0.05, 0.1) is 11.1 Å². The summed E-state index contributed by atoms with van der Waals surface area (Å²) in [6.07, 6.45) is 2.53. The zero-order valence-electron chi connectivity index (χ0n) is 14.6. The van der Waals surface area contributed by atoms with Gasteiger partial charge in [-0.25, -0.2) is 4.98 Å². The standard InChI is InChI=1S/C18H18F2N4O3/c1-11-2-3-12-13(10-11)17(27)24(16(12)26)8-5-15(25)22-6-4-14-21-7-9-23(14)18(19)20/h2-3,7,9-10,18H,4-6,8H2,1H3,(H,22,25). The van der Waals surface area contributed by atoms with Gasteiger partial charge in [0.25, 0.3) is 11.8 Å². The molecule has 1 aromatic heterocycles. The molecular weight excluding hydrogens is 358 g/mol. The molecule has 1 N–H and O–H groups in total. The Morgan fingerprint density at radius 2 is 1.96 bits per heavy atom. The van der Waals surface area contributed by atoms with E-state index in [1.165, 1.54) is 12.4 Å². The number of nitrogens with one attached hydrogen (secondary N) is 1. The van der Waals surface area contributed by atoms with Crippen molar-refractivity contribution in [3.63, 3.8) is 0 Å². The number of halogens is 2. The molecule has 1 aliphatic rings. The van der Waals surface area contributed by atoms with Gasteiger partial charge in [-0.1, -0.05) is 11.6 Å². The number of hydrogen-bond donors (Lipinski definition) is 1. The van der Waals surface area contributed by atoms with E-state index in [0.29, 0.717) is 11.1 Å². The fraction of sp³-hybridized carbons (Fsp3) is 0.333. The average molecular weight is 376 g/mol. The molecule has 0 atom stereocenters. The first-order valence-electron chi connectivity index (χ1n) is 8.42. The average Bonchev–Trinajstić information content (AvgIpc) is 3.18. The SMILES string of the molecule is Cc1ccc2c(c1)C(=O)N(CCC(=O)NCCc1nccn1C(F)F)C2=O. The minimum absolute atomic E-state index is 0.0388. The van der Waals surface area contributed by atoms with Gasteiger partial charge in [-0.2, -0.15) is 8.78 Å². The Morgan fingerprint density at radius 1 is 1.22 bits per heavy atom. The molecule has 1 aliphatic heterocycles. The molecule has 0 saturated heterocycles. The second-order valence-corrected chi connectivity index (χ2v) is 6.19. The summed E-state index contributed by atoms with van der Waals surface area (Å²) in [6.45, 7) is -0.768. The van der Waals surface area contributed by atoms with Gasteiger partial charge in [-0.15, -0.1) is 0 Å². The highest BCUT2D eigenvalue weighted by Gasteiger charge is 2.35. The minimum atomic E-state index is -2.68.